The number of hydrogen-bond acceptors (Lipinski definition) is 2. The Morgan fingerprint density at radius 1 is 1.37 bits per heavy atom. The lowest BCUT2D eigenvalue weighted by atomic mass is 10.1. The summed E-state index contributed by atoms with van der Waals surface area (Å²) >= 11 is 1.51. The number of rotatable bonds is 7. The zero-order valence-corrected chi connectivity index (χ0v) is 13.3. The lowest BCUT2D eigenvalue weighted by molar-refractivity contribution is -0.107. The summed E-state index contributed by atoms with van der Waals surface area (Å²) in [5.41, 5.74) is 1.09. The molecule has 1 aliphatic carbocycles. The number of carbonyl (C=O) groups excluding carboxylic acids is 1. The zero-order valence-electron chi connectivity index (χ0n) is 12.4. The summed E-state index contributed by atoms with van der Waals surface area (Å²) in [5.74, 6) is 0. The molecular weight excluding hydrogens is 254 g/mol. The van der Waals surface area contributed by atoms with Crippen molar-refractivity contribution in [3.05, 3.63) is 49.6 Å². The van der Waals surface area contributed by atoms with E-state index in [-0.39, 0.29) is 4.75 Å². The minimum absolute atomic E-state index is 0.212. The van der Waals surface area contributed by atoms with Gasteiger partial charge < -0.3 is 4.72 Å². The normalized spacial score (nSPS) is 14.1. The van der Waals surface area contributed by atoms with Gasteiger partial charge in [-0.2, -0.15) is 0 Å². The molecule has 0 aromatic rings. The summed E-state index contributed by atoms with van der Waals surface area (Å²) in [7, 11) is 0. The van der Waals surface area contributed by atoms with Gasteiger partial charge in [0.2, 0.25) is 6.41 Å². The third-order valence-electron chi connectivity index (χ3n) is 2.15. The van der Waals surface area contributed by atoms with Crippen LogP contribution >= 0.6 is 11.9 Å². The van der Waals surface area contributed by atoms with Crippen LogP contribution in [0.3, 0.4) is 0 Å². The maximum atomic E-state index is 10.2. The monoisotopic (exact) mass is 281 g/mol. The minimum atomic E-state index is 0.212. The molecule has 0 unspecified atom stereocenters. The highest BCUT2D eigenvalue weighted by Gasteiger charge is 2.43. The van der Waals surface area contributed by atoms with Gasteiger partial charge in [-0.25, -0.2) is 0 Å². The quantitative estimate of drug-likeness (QED) is 0.314. The molecule has 1 fully saturated rings. The van der Waals surface area contributed by atoms with Crippen molar-refractivity contribution in [2.75, 3.05) is 0 Å². The zero-order chi connectivity index (χ0) is 15.1. The van der Waals surface area contributed by atoms with Crippen LogP contribution in [0.15, 0.2) is 49.6 Å². The van der Waals surface area contributed by atoms with Crippen LogP contribution < -0.4 is 4.72 Å². The Bertz CT molecular complexity index is 304. The number of nitrogens with one attached hydrogen (secondary N) is 1. The van der Waals surface area contributed by atoms with Gasteiger partial charge in [-0.15, -0.1) is 6.58 Å². The van der Waals surface area contributed by atoms with Crippen LogP contribution in [0.25, 0.3) is 0 Å². The van der Waals surface area contributed by atoms with E-state index in [1.165, 1.54) is 11.9 Å². The first kappa shape index (κ1) is 20.1. The van der Waals surface area contributed by atoms with Crippen LogP contribution in [0, 0.1) is 0 Å². The molecule has 0 bridgehead atoms. The topological polar surface area (TPSA) is 29.1 Å². The first-order valence-electron chi connectivity index (χ1n) is 6.55. The van der Waals surface area contributed by atoms with Crippen molar-refractivity contribution in [2.24, 2.45) is 0 Å². The van der Waals surface area contributed by atoms with Crippen molar-refractivity contribution in [1.82, 2.24) is 4.72 Å². The van der Waals surface area contributed by atoms with Gasteiger partial charge in [-0.1, -0.05) is 56.9 Å². The molecule has 3 heteroatoms. The van der Waals surface area contributed by atoms with E-state index in [1.54, 1.807) is 12.2 Å². The summed E-state index contributed by atoms with van der Waals surface area (Å²) in [6.45, 7) is 16.8. The van der Waals surface area contributed by atoms with Crippen LogP contribution in [0.5, 0.6) is 0 Å². The van der Waals surface area contributed by atoms with Gasteiger partial charge in [0.25, 0.3) is 0 Å². The third kappa shape index (κ3) is 11.6. The molecule has 0 radical (unpaired) electrons. The molecule has 1 aliphatic rings. The highest BCUT2D eigenvalue weighted by Crippen LogP contribution is 2.51. The summed E-state index contributed by atoms with van der Waals surface area (Å²) in [5, 5.41) is 0. The van der Waals surface area contributed by atoms with Crippen LogP contribution in [0.1, 0.15) is 40.0 Å². The molecular formula is C16H27NOS. The lowest BCUT2D eigenvalue weighted by Gasteiger charge is -2.12. The number of amides is 1. The first-order chi connectivity index (χ1) is 9.14. The first-order valence-corrected chi connectivity index (χ1v) is 7.37. The molecule has 0 atom stereocenters. The van der Waals surface area contributed by atoms with Crippen LogP contribution in [-0.4, -0.2) is 11.2 Å². The maximum absolute atomic E-state index is 10.2. The van der Waals surface area contributed by atoms with Gasteiger partial charge in [0.1, 0.15) is 0 Å². The Labute approximate surface area is 122 Å². The molecule has 1 amide bonds. The van der Waals surface area contributed by atoms with Crippen molar-refractivity contribution in [3.63, 3.8) is 0 Å². The molecule has 0 aliphatic heterocycles. The van der Waals surface area contributed by atoms with Crippen molar-refractivity contribution in [3.8, 4) is 0 Å². The molecule has 1 saturated carbocycles. The third-order valence-corrected chi connectivity index (χ3v) is 3.35. The Morgan fingerprint density at radius 3 is 2.26 bits per heavy atom. The second-order valence-electron chi connectivity index (χ2n) is 3.86. The molecule has 0 heterocycles. The highest BCUT2D eigenvalue weighted by atomic mass is 32.2. The molecule has 2 nitrogen and oxygen atoms in total. The highest BCUT2D eigenvalue weighted by molar-refractivity contribution is 7.99. The van der Waals surface area contributed by atoms with E-state index >= 15 is 0 Å². The second-order valence-corrected chi connectivity index (χ2v) is 5.16. The lowest BCUT2D eigenvalue weighted by Crippen LogP contribution is -2.12. The van der Waals surface area contributed by atoms with E-state index in [4.69, 9.17) is 0 Å². The van der Waals surface area contributed by atoms with E-state index in [0.29, 0.717) is 0 Å². The van der Waals surface area contributed by atoms with Crippen LogP contribution in [-0.2, 0) is 4.79 Å². The van der Waals surface area contributed by atoms with Gasteiger partial charge in [0.15, 0.2) is 0 Å². The van der Waals surface area contributed by atoms with Crippen molar-refractivity contribution in [1.29, 1.82) is 0 Å². The average molecular weight is 281 g/mol. The van der Waals surface area contributed by atoms with E-state index in [0.717, 1.165) is 31.2 Å². The molecule has 1 N–H and O–H groups in total. The Balaban J connectivity index is 0. The van der Waals surface area contributed by atoms with Gasteiger partial charge in [0, 0.05) is 4.75 Å². The second kappa shape index (κ2) is 13.2. The smallest absolute Gasteiger partial charge is 0.216 e. The molecule has 1 rings (SSSR count). The van der Waals surface area contributed by atoms with Crippen molar-refractivity contribution in [2.45, 2.75) is 44.8 Å². The van der Waals surface area contributed by atoms with E-state index < -0.39 is 0 Å². The number of allylic oxidation sites excluding steroid dienone is 5. The predicted molar refractivity (Wildman–Crippen MR) is 89.1 cm³/mol. The summed E-state index contributed by atoms with van der Waals surface area (Å²) in [6.07, 6.45) is 11.3. The molecule has 19 heavy (non-hydrogen) atoms. The van der Waals surface area contributed by atoms with Gasteiger partial charge >= 0.3 is 0 Å². The SMILES string of the molecule is C=C/C=C\C(=C)CC1(SNC=O)CC1.C=CC.CC. The van der Waals surface area contributed by atoms with E-state index in [9.17, 15) is 4.79 Å². The van der Waals surface area contributed by atoms with Crippen LogP contribution in [0.2, 0.25) is 0 Å². The fourth-order valence-corrected chi connectivity index (χ4v) is 2.14. The minimum Gasteiger partial charge on any atom is -0.302 e. The maximum Gasteiger partial charge on any atom is 0.216 e. The Morgan fingerprint density at radius 2 is 1.89 bits per heavy atom. The fraction of sp³-hybridized carbons (Fsp3) is 0.438. The number of hydrogen-bond donors (Lipinski definition) is 1. The van der Waals surface area contributed by atoms with E-state index in [2.05, 4.69) is 24.5 Å². The molecule has 0 spiro atoms. The molecule has 0 aromatic heterocycles. The van der Waals surface area contributed by atoms with Crippen molar-refractivity contribution < 1.29 is 4.79 Å². The van der Waals surface area contributed by atoms with Gasteiger partial charge in [0.05, 0.1) is 0 Å². The summed E-state index contributed by atoms with van der Waals surface area (Å²) in [4.78, 5) is 10.2. The Kier molecular flexibility index (Phi) is 14.0. The summed E-state index contributed by atoms with van der Waals surface area (Å²) in [6, 6.07) is 0. The average Bonchev–Trinajstić information content (AvgIpc) is 3.17. The van der Waals surface area contributed by atoms with E-state index in [1.807, 2.05) is 32.9 Å². The van der Waals surface area contributed by atoms with Gasteiger partial charge in [-0.05, 0) is 38.1 Å². The molecule has 108 valence electrons. The largest absolute Gasteiger partial charge is 0.302 e. The van der Waals surface area contributed by atoms with Crippen molar-refractivity contribution >= 4 is 18.4 Å². The number of carbonyl (C=O) groups is 1. The standard InChI is InChI=1S/C11H15NOS.C3H6.C2H6/c1-3-4-5-10(2)8-11(6-7-11)14-12-9-13;1-3-2;1-2/h3-5,9H,1-2,6-8H2,(H,12,13);3H,1H2,2H3;1-2H3/b5-4-;;. The Hall–Kier alpha value is -1.22. The molecule has 0 saturated heterocycles. The van der Waals surface area contributed by atoms with Gasteiger partial charge in [-0.3, -0.25) is 4.79 Å². The molecule has 0 aromatic carbocycles. The van der Waals surface area contributed by atoms with Crippen LogP contribution in [0.4, 0.5) is 0 Å². The fourth-order valence-electron chi connectivity index (χ4n) is 1.28. The summed E-state index contributed by atoms with van der Waals surface area (Å²) < 4.78 is 2.88. The predicted octanol–water partition coefficient (Wildman–Crippen LogP) is 4.82.